The van der Waals surface area contributed by atoms with Crippen molar-refractivity contribution >= 4 is 39.6 Å². The molecule has 0 aliphatic rings. The molecular formula is C23H28BrNO3S. The van der Waals surface area contributed by atoms with Crippen molar-refractivity contribution in [1.29, 1.82) is 0 Å². The quantitative estimate of drug-likeness (QED) is 0.425. The Morgan fingerprint density at radius 2 is 1.69 bits per heavy atom. The molecule has 0 aliphatic heterocycles. The topological polar surface area (TPSA) is 66.4 Å². The van der Waals surface area contributed by atoms with Crippen LogP contribution < -0.4 is 5.32 Å². The number of carbonyl (C=O) groups is 2. The van der Waals surface area contributed by atoms with Gasteiger partial charge in [0.15, 0.2) is 0 Å². The molecule has 0 saturated carbocycles. The Labute approximate surface area is 185 Å². The van der Waals surface area contributed by atoms with Crippen LogP contribution in [0.15, 0.2) is 45.8 Å². The van der Waals surface area contributed by atoms with Crippen LogP contribution in [-0.2, 0) is 4.79 Å². The molecule has 0 saturated heterocycles. The number of carboxylic acids is 1. The Morgan fingerprint density at radius 3 is 2.21 bits per heavy atom. The first-order chi connectivity index (χ1) is 13.7. The predicted octanol–water partition coefficient (Wildman–Crippen LogP) is 6.15. The molecule has 1 atom stereocenters. The highest BCUT2D eigenvalue weighted by Gasteiger charge is 2.17. The van der Waals surface area contributed by atoms with Gasteiger partial charge in [0.2, 0.25) is 0 Å². The van der Waals surface area contributed by atoms with Crippen LogP contribution in [0.2, 0.25) is 0 Å². The smallest absolute Gasteiger partial charge is 0.305 e. The van der Waals surface area contributed by atoms with Gasteiger partial charge in [0.1, 0.15) is 0 Å². The monoisotopic (exact) mass is 477 g/mol. The van der Waals surface area contributed by atoms with Crippen molar-refractivity contribution in [2.45, 2.75) is 50.7 Å². The van der Waals surface area contributed by atoms with Gasteiger partial charge in [-0.25, -0.2) is 0 Å². The average molecular weight is 478 g/mol. The second-order valence-electron chi connectivity index (χ2n) is 7.63. The van der Waals surface area contributed by atoms with Crippen LogP contribution in [0.1, 0.15) is 59.0 Å². The summed E-state index contributed by atoms with van der Waals surface area (Å²) in [7, 11) is 0. The lowest BCUT2D eigenvalue weighted by molar-refractivity contribution is -0.136. The highest BCUT2D eigenvalue weighted by atomic mass is 79.9. The Hall–Kier alpha value is -1.79. The van der Waals surface area contributed by atoms with Gasteiger partial charge in [0, 0.05) is 26.7 Å². The van der Waals surface area contributed by atoms with Gasteiger partial charge in [-0.1, -0.05) is 41.9 Å². The van der Waals surface area contributed by atoms with Crippen LogP contribution in [0.4, 0.5) is 0 Å². The molecule has 2 aromatic carbocycles. The van der Waals surface area contributed by atoms with Crippen LogP contribution in [0.3, 0.4) is 0 Å². The second kappa shape index (κ2) is 10.8. The minimum absolute atomic E-state index is 0.0804. The predicted molar refractivity (Wildman–Crippen MR) is 123 cm³/mol. The Bertz CT molecular complexity index is 842. The van der Waals surface area contributed by atoms with Gasteiger partial charge in [-0.05, 0) is 67.1 Å². The third-order valence-corrected chi connectivity index (χ3v) is 7.05. The lowest BCUT2D eigenvalue weighted by Crippen LogP contribution is -2.25. The highest BCUT2D eigenvalue weighted by Crippen LogP contribution is 2.41. The Morgan fingerprint density at radius 1 is 1.10 bits per heavy atom. The lowest BCUT2D eigenvalue weighted by Gasteiger charge is -2.20. The zero-order valence-corrected chi connectivity index (χ0v) is 19.7. The van der Waals surface area contributed by atoms with Crippen LogP contribution in [0, 0.1) is 19.8 Å². The van der Waals surface area contributed by atoms with Crippen molar-refractivity contribution in [3.05, 3.63) is 63.1 Å². The number of rotatable bonds is 9. The van der Waals surface area contributed by atoms with E-state index in [1.165, 1.54) is 21.6 Å². The zero-order chi connectivity index (χ0) is 21.6. The third-order valence-electron chi connectivity index (χ3n) is 4.54. The summed E-state index contributed by atoms with van der Waals surface area (Å²) in [5.41, 5.74) is 4.18. The number of nitrogens with one attached hydrogen (secondary N) is 1. The lowest BCUT2D eigenvalue weighted by atomic mass is 10.0. The normalized spacial score (nSPS) is 12.1. The van der Waals surface area contributed by atoms with Crippen molar-refractivity contribution in [3.8, 4) is 0 Å². The summed E-state index contributed by atoms with van der Waals surface area (Å²) in [4.78, 5) is 24.0. The van der Waals surface area contributed by atoms with Crippen molar-refractivity contribution in [3.63, 3.8) is 0 Å². The fraction of sp³-hybridized carbons (Fsp3) is 0.391. The SMILES string of the molecule is Cc1cc(SC(CC(C)C)c2ccc(C(=O)NCCC(=O)O)cc2)cc(C)c1Br. The number of carbonyl (C=O) groups excluding carboxylic acids is 1. The van der Waals surface area contributed by atoms with Gasteiger partial charge < -0.3 is 10.4 Å². The highest BCUT2D eigenvalue weighted by molar-refractivity contribution is 9.10. The molecule has 156 valence electrons. The zero-order valence-electron chi connectivity index (χ0n) is 17.3. The fourth-order valence-electron chi connectivity index (χ4n) is 3.05. The van der Waals surface area contributed by atoms with Crippen LogP contribution >= 0.6 is 27.7 Å². The molecule has 1 unspecified atom stereocenters. The molecule has 2 N–H and O–H groups in total. The number of halogens is 1. The first-order valence-corrected chi connectivity index (χ1v) is 11.4. The fourth-order valence-corrected chi connectivity index (χ4v) is 4.87. The number of hydrogen-bond acceptors (Lipinski definition) is 3. The summed E-state index contributed by atoms with van der Waals surface area (Å²) < 4.78 is 1.15. The number of amides is 1. The molecule has 0 bridgehead atoms. The maximum absolute atomic E-state index is 12.2. The number of hydrogen-bond donors (Lipinski definition) is 2. The molecule has 0 radical (unpaired) electrons. The minimum atomic E-state index is -0.924. The van der Waals surface area contributed by atoms with Crippen molar-refractivity contribution in [2.24, 2.45) is 5.92 Å². The van der Waals surface area contributed by atoms with E-state index >= 15 is 0 Å². The second-order valence-corrected chi connectivity index (χ2v) is 9.70. The van der Waals surface area contributed by atoms with E-state index in [1.54, 1.807) is 0 Å². The number of aliphatic carboxylic acids is 1. The van der Waals surface area contributed by atoms with E-state index in [0.29, 0.717) is 16.7 Å². The first kappa shape index (κ1) is 23.5. The standard InChI is InChI=1S/C23H28BrNO3S/c1-14(2)11-20(29-19-12-15(3)22(24)16(4)13-19)17-5-7-18(8-6-17)23(28)25-10-9-21(26)27/h5-8,12-14,20H,9-11H2,1-4H3,(H,25,28)(H,26,27). The van der Waals surface area contributed by atoms with E-state index in [-0.39, 0.29) is 18.9 Å². The van der Waals surface area contributed by atoms with E-state index < -0.39 is 5.97 Å². The van der Waals surface area contributed by atoms with E-state index in [2.05, 4.69) is 61.1 Å². The van der Waals surface area contributed by atoms with Crippen LogP contribution in [0.25, 0.3) is 0 Å². The van der Waals surface area contributed by atoms with Gasteiger partial charge in [0.05, 0.1) is 6.42 Å². The maximum Gasteiger partial charge on any atom is 0.305 e. The number of carboxylic acid groups (broad SMARTS) is 1. The third kappa shape index (κ3) is 7.19. The van der Waals surface area contributed by atoms with E-state index in [0.717, 1.165) is 10.9 Å². The molecule has 2 rings (SSSR count). The van der Waals surface area contributed by atoms with Gasteiger partial charge in [-0.2, -0.15) is 0 Å². The summed E-state index contributed by atoms with van der Waals surface area (Å²) in [5, 5.41) is 11.6. The number of thioether (sulfide) groups is 1. The summed E-state index contributed by atoms with van der Waals surface area (Å²) in [6, 6.07) is 12.1. The molecule has 0 aromatic heterocycles. The average Bonchev–Trinajstić information content (AvgIpc) is 2.65. The molecule has 6 heteroatoms. The van der Waals surface area contributed by atoms with Gasteiger partial charge in [-0.15, -0.1) is 11.8 Å². The summed E-state index contributed by atoms with van der Waals surface area (Å²) >= 11 is 5.48. The van der Waals surface area contributed by atoms with Gasteiger partial charge in [0.25, 0.3) is 5.91 Å². The van der Waals surface area contributed by atoms with Crippen LogP contribution in [0.5, 0.6) is 0 Å². The molecule has 0 fully saturated rings. The van der Waals surface area contributed by atoms with Crippen molar-refractivity contribution in [1.82, 2.24) is 5.32 Å². The molecule has 0 aliphatic carbocycles. The Kier molecular flexibility index (Phi) is 8.78. The number of aryl methyl sites for hydroxylation is 2. The molecule has 2 aromatic rings. The van der Waals surface area contributed by atoms with Gasteiger partial charge in [-0.3, -0.25) is 9.59 Å². The largest absolute Gasteiger partial charge is 0.481 e. The molecule has 0 spiro atoms. The molecule has 4 nitrogen and oxygen atoms in total. The molecule has 29 heavy (non-hydrogen) atoms. The Balaban J connectivity index is 2.16. The summed E-state index contributed by atoms with van der Waals surface area (Å²) in [6.07, 6.45) is 0.950. The maximum atomic E-state index is 12.2. The van der Waals surface area contributed by atoms with E-state index in [9.17, 15) is 9.59 Å². The first-order valence-electron chi connectivity index (χ1n) is 9.70. The van der Waals surface area contributed by atoms with Crippen molar-refractivity contribution < 1.29 is 14.7 Å². The van der Waals surface area contributed by atoms with E-state index in [4.69, 9.17) is 5.11 Å². The minimum Gasteiger partial charge on any atom is -0.481 e. The summed E-state index contributed by atoms with van der Waals surface area (Å²) in [6.45, 7) is 8.78. The molecule has 0 heterocycles. The molecular weight excluding hydrogens is 450 g/mol. The number of benzene rings is 2. The molecule has 1 amide bonds. The van der Waals surface area contributed by atoms with Gasteiger partial charge >= 0.3 is 5.97 Å². The van der Waals surface area contributed by atoms with Crippen LogP contribution in [-0.4, -0.2) is 23.5 Å². The van der Waals surface area contributed by atoms with Crippen molar-refractivity contribution in [2.75, 3.05) is 6.54 Å². The van der Waals surface area contributed by atoms with E-state index in [1.807, 2.05) is 36.0 Å². The summed E-state index contributed by atoms with van der Waals surface area (Å²) in [5.74, 6) is -0.623.